The minimum atomic E-state index is -5.20. The van der Waals surface area contributed by atoms with Crippen LogP contribution in [0.15, 0.2) is 6.07 Å². The second-order valence-corrected chi connectivity index (χ2v) is 2.61. The van der Waals surface area contributed by atoms with E-state index in [-0.39, 0.29) is 12.4 Å². The Balaban J connectivity index is 3.27. The molecule has 0 aromatic carbocycles. The molecule has 0 aliphatic heterocycles. The lowest BCUT2D eigenvalue weighted by molar-refractivity contribution is -0.390. The molecule has 1 heterocycles. The maximum Gasteiger partial charge on any atom is 0.573 e. The third-order valence-corrected chi connectivity index (χ3v) is 1.48. The lowest BCUT2D eigenvalue weighted by Gasteiger charge is -2.07. The Kier molecular flexibility index (Phi) is 3.25. The van der Waals surface area contributed by atoms with Gasteiger partial charge in [0.25, 0.3) is 0 Å². The first-order valence-electron chi connectivity index (χ1n) is 3.80. The summed E-state index contributed by atoms with van der Waals surface area (Å²) >= 11 is 0. The summed E-state index contributed by atoms with van der Waals surface area (Å²) in [5.74, 6) is -4.43. The van der Waals surface area contributed by atoms with E-state index >= 15 is 0 Å². The molecule has 6 nitrogen and oxygen atoms in total. The first-order chi connectivity index (χ1) is 7.74. The number of nitro groups is 1. The van der Waals surface area contributed by atoms with Crippen LogP contribution in [0.5, 0.6) is 5.75 Å². The predicted octanol–water partition coefficient (Wildman–Crippen LogP) is 1.84. The Morgan fingerprint density at radius 2 is 2.06 bits per heavy atom. The van der Waals surface area contributed by atoms with Gasteiger partial charge in [-0.25, -0.2) is 0 Å². The molecular weight excluding hydrogens is 252 g/mol. The summed E-state index contributed by atoms with van der Waals surface area (Å²) in [7, 11) is 0. The molecule has 92 valence electrons. The summed E-state index contributed by atoms with van der Waals surface area (Å²) in [5, 5.41) is 10.3. The van der Waals surface area contributed by atoms with Gasteiger partial charge in [-0.1, -0.05) is 0 Å². The molecule has 1 aromatic heterocycles. The molecule has 10 heteroatoms. The third kappa shape index (κ3) is 3.09. The van der Waals surface area contributed by atoms with Crippen molar-refractivity contribution in [3.63, 3.8) is 0 Å². The summed E-state index contributed by atoms with van der Waals surface area (Å²) in [6.45, 7) is 0. The zero-order valence-electron chi connectivity index (χ0n) is 7.69. The highest BCUT2D eigenvalue weighted by Crippen LogP contribution is 2.28. The number of nitrogens with zero attached hydrogens (tertiary/aromatic N) is 2. The Bertz CT molecular complexity index is 474. The van der Waals surface area contributed by atoms with Gasteiger partial charge in [-0.05, 0) is 9.91 Å². The van der Waals surface area contributed by atoms with E-state index < -0.39 is 34.4 Å². The van der Waals surface area contributed by atoms with Crippen LogP contribution < -0.4 is 4.74 Å². The average Bonchev–Trinajstić information content (AvgIpc) is 2.18. The van der Waals surface area contributed by atoms with Crippen molar-refractivity contribution in [3.05, 3.63) is 27.7 Å². The fourth-order valence-electron chi connectivity index (χ4n) is 0.907. The van der Waals surface area contributed by atoms with Crippen LogP contribution in [0.4, 0.5) is 23.4 Å². The number of rotatable bonds is 3. The van der Waals surface area contributed by atoms with Crippen molar-refractivity contribution in [3.8, 4) is 5.75 Å². The van der Waals surface area contributed by atoms with Crippen molar-refractivity contribution in [1.82, 2.24) is 4.98 Å². The molecule has 0 N–H and O–H groups in total. The zero-order chi connectivity index (χ0) is 13.2. The molecular formula is C7H2F4N2O4. The van der Waals surface area contributed by atoms with Crippen molar-refractivity contribution in [1.29, 1.82) is 0 Å². The van der Waals surface area contributed by atoms with Gasteiger partial charge < -0.3 is 14.9 Å². The van der Waals surface area contributed by atoms with Gasteiger partial charge >= 0.3 is 18.1 Å². The maximum absolute atomic E-state index is 12.9. The Hall–Kier alpha value is -2.26. The molecule has 0 aliphatic rings. The number of carbonyl (C=O) groups excluding carboxylic acids is 1. The normalized spacial score (nSPS) is 11.1. The molecule has 0 aliphatic carbocycles. The van der Waals surface area contributed by atoms with E-state index in [0.717, 1.165) is 0 Å². The molecule has 0 amide bonds. The highest BCUT2D eigenvalue weighted by molar-refractivity contribution is 5.80. The van der Waals surface area contributed by atoms with Crippen molar-refractivity contribution in [2.24, 2.45) is 0 Å². The Morgan fingerprint density at radius 3 is 2.47 bits per heavy atom. The van der Waals surface area contributed by atoms with Gasteiger partial charge in [0.2, 0.25) is 5.75 Å². The highest BCUT2D eigenvalue weighted by atomic mass is 19.4. The van der Waals surface area contributed by atoms with Crippen molar-refractivity contribution >= 4 is 12.1 Å². The number of hydrogen-bond donors (Lipinski definition) is 0. The van der Waals surface area contributed by atoms with Gasteiger partial charge in [-0.2, -0.15) is 4.39 Å². The first-order valence-corrected chi connectivity index (χ1v) is 3.80. The number of aldehydes is 1. The number of carbonyl (C=O) groups is 1. The van der Waals surface area contributed by atoms with Crippen LogP contribution in [0.2, 0.25) is 0 Å². The second kappa shape index (κ2) is 4.31. The van der Waals surface area contributed by atoms with Crippen LogP contribution in [0.25, 0.3) is 0 Å². The third-order valence-electron chi connectivity index (χ3n) is 1.48. The molecule has 0 spiro atoms. The van der Waals surface area contributed by atoms with E-state index in [4.69, 9.17) is 0 Å². The Labute approximate surface area is 90.0 Å². The fourth-order valence-corrected chi connectivity index (χ4v) is 0.907. The van der Waals surface area contributed by atoms with Gasteiger partial charge in [0, 0.05) is 6.07 Å². The molecule has 0 unspecified atom stereocenters. The molecule has 0 atom stereocenters. The number of ether oxygens (including phenoxy) is 1. The van der Waals surface area contributed by atoms with Gasteiger partial charge in [0.1, 0.15) is 5.56 Å². The van der Waals surface area contributed by atoms with Gasteiger partial charge in [-0.15, -0.1) is 13.2 Å². The van der Waals surface area contributed by atoms with Crippen LogP contribution in [0.1, 0.15) is 10.4 Å². The maximum atomic E-state index is 12.9. The number of alkyl halides is 3. The smallest absolute Gasteiger partial charge is 0.398 e. The largest absolute Gasteiger partial charge is 0.573 e. The van der Waals surface area contributed by atoms with Crippen LogP contribution in [-0.4, -0.2) is 22.6 Å². The molecule has 1 rings (SSSR count). The minimum absolute atomic E-state index is 0.131. The van der Waals surface area contributed by atoms with Crippen LogP contribution >= 0.6 is 0 Å². The standard InChI is InChI=1S/C7H2F4N2O4/c8-5-4(17-7(9,10)11)1-3(2-14)6(12-5)13(15)16/h1-2H. The van der Waals surface area contributed by atoms with Crippen LogP contribution in [0.3, 0.4) is 0 Å². The van der Waals surface area contributed by atoms with E-state index in [1.54, 1.807) is 0 Å². The SMILES string of the molecule is O=Cc1cc(OC(F)(F)F)c(F)nc1[N+](=O)[O-]. The summed E-state index contributed by atoms with van der Waals surface area (Å²) in [4.78, 5) is 22.0. The molecule has 0 fully saturated rings. The summed E-state index contributed by atoms with van der Waals surface area (Å²) in [5.41, 5.74) is -0.823. The van der Waals surface area contributed by atoms with E-state index in [2.05, 4.69) is 9.72 Å². The summed E-state index contributed by atoms with van der Waals surface area (Å²) in [6, 6.07) is 0.251. The number of hydrogen-bond acceptors (Lipinski definition) is 5. The van der Waals surface area contributed by atoms with Crippen molar-refractivity contribution in [2.75, 3.05) is 0 Å². The highest BCUT2D eigenvalue weighted by Gasteiger charge is 2.35. The van der Waals surface area contributed by atoms with Gasteiger partial charge in [0.05, 0.1) is 0 Å². The summed E-state index contributed by atoms with van der Waals surface area (Å²) in [6.07, 6.45) is -5.33. The summed E-state index contributed by atoms with van der Waals surface area (Å²) < 4.78 is 51.4. The molecule has 0 saturated carbocycles. The lowest BCUT2D eigenvalue weighted by Crippen LogP contribution is -2.18. The predicted molar refractivity (Wildman–Crippen MR) is 42.9 cm³/mol. The van der Waals surface area contributed by atoms with E-state index in [1.165, 1.54) is 0 Å². The zero-order valence-corrected chi connectivity index (χ0v) is 7.69. The topological polar surface area (TPSA) is 82.3 Å². The van der Waals surface area contributed by atoms with Crippen molar-refractivity contribution < 1.29 is 32.0 Å². The first kappa shape index (κ1) is 12.8. The van der Waals surface area contributed by atoms with E-state index in [1.807, 2.05) is 0 Å². The van der Waals surface area contributed by atoms with Crippen LogP contribution in [-0.2, 0) is 0 Å². The number of pyridine rings is 1. The van der Waals surface area contributed by atoms with Gasteiger partial charge in [0.15, 0.2) is 6.29 Å². The van der Waals surface area contributed by atoms with Crippen molar-refractivity contribution in [2.45, 2.75) is 6.36 Å². The molecule has 0 saturated heterocycles. The molecule has 0 radical (unpaired) electrons. The average molecular weight is 254 g/mol. The minimum Gasteiger partial charge on any atom is -0.398 e. The monoisotopic (exact) mass is 254 g/mol. The molecule has 17 heavy (non-hydrogen) atoms. The number of halogens is 4. The Morgan fingerprint density at radius 1 is 1.47 bits per heavy atom. The van der Waals surface area contributed by atoms with E-state index in [0.29, 0.717) is 0 Å². The molecule has 0 bridgehead atoms. The van der Waals surface area contributed by atoms with E-state index in [9.17, 15) is 32.5 Å². The lowest BCUT2D eigenvalue weighted by atomic mass is 10.2. The fraction of sp³-hybridized carbons (Fsp3) is 0.143. The second-order valence-electron chi connectivity index (χ2n) is 2.61. The van der Waals surface area contributed by atoms with Crippen LogP contribution in [0, 0.1) is 16.1 Å². The molecule has 1 aromatic rings. The quantitative estimate of drug-likeness (QED) is 0.270. The van der Waals surface area contributed by atoms with Gasteiger partial charge in [-0.3, -0.25) is 4.79 Å². The number of aromatic nitrogens is 1.